The molecule has 0 fully saturated rings. The third-order valence-corrected chi connectivity index (χ3v) is 5.47. The summed E-state index contributed by atoms with van der Waals surface area (Å²) in [5, 5.41) is 9.37. The van der Waals surface area contributed by atoms with Gasteiger partial charge in [-0.05, 0) is 38.1 Å². The highest BCUT2D eigenvalue weighted by molar-refractivity contribution is 7.99. The summed E-state index contributed by atoms with van der Waals surface area (Å²) in [6, 6.07) is 17.4. The second-order valence-electron chi connectivity index (χ2n) is 6.89. The van der Waals surface area contributed by atoms with Crippen molar-refractivity contribution in [1.82, 2.24) is 14.8 Å². The molecule has 1 aromatic heterocycles. The molecule has 30 heavy (non-hydrogen) atoms. The highest BCUT2D eigenvalue weighted by Crippen LogP contribution is 2.31. The van der Waals surface area contributed by atoms with Gasteiger partial charge in [0.15, 0.2) is 11.0 Å². The molecule has 3 aromatic rings. The van der Waals surface area contributed by atoms with Crippen molar-refractivity contribution >= 4 is 23.4 Å². The van der Waals surface area contributed by atoms with Crippen LogP contribution in [0, 0.1) is 0 Å². The second-order valence-corrected chi connectivity index (χ2v) is 7.83. The molecule has 0 N–H and O–H groups in total. The van der Waals surface area contributed by atoms with Gasteiger partial charge in [-0.15, -0.1) is 16.8 Å². The van der Waals surface area contributed by atoms with E-state index < -0.39 is 0 Å². The molecule has 0 aliphatic rings. The number of hydrogen-bond acceptors (Lipinski definition) is 5. The van der Waals surface area contributed by atoms with Crippen LogP contribution in [0.25, 0.3) is 11.4 Å². The standard InChI is InChI=1S/C23H26N4O2S/c1-5-15-26-22(19-13-9-10-14-20(19)29-4)24-25-23(26)30-16-21(28)27(17(2)3)18-11-7-6-8-12-18/h5-14,17H,1,15-16H2,2-4H3. The summed E-state index contributed by atoms with van der Waals surface area (Å²) in [7, 11) is 1.63. The zero-order chi connectivity index (χ0) is 21.5. The molecule has 0 bridgehead atoms. The topological polar surface area (TPSA) is 60.2 Å². The van der Waals surface area contributed by atoms with E-state index in [9.17, 15) is 4.79 Å². The second kappa shape index (κ2) is 10.1. The molecule has 0 atom stereocenters. The van der Waals surface area contributed by atoms with Gasteiger partial charge in [-0.1, -0.05) is 48.2 Å². The summed E-state index contributed by atoms with van der Waals surface area (Å²) in [5.41, 5.74) is 1.74. The summed E-state index contributed by atoms with van der Waals surface area (Å²) in [6.45, 7) is 8.40. The number of ether oxygens (including phenoxy) is 1. The van der Waals surface area contributed by atoms with Crippen LogP contribution in [-0.4, -0.2) is 39.6 Å². The number of nitrogens with zero attached hydrogens (tertiary/aromatic N) is 4. The number of aromatic nitrogens is 3. The number of carbonyl (C=O) groups excluding carboxylic acids is 1. The van der Waals surface area contributed by atoms with E-state index in [1.807, 2.05) is 77.9 Å². The normalized spacial score (nSPS) is 10.8. The molecule has 0 saturated heterocycles. The Morgan fingerprint density at radius 3 is 2.53 bits per heavy atom. The quantitative estimate of drug-likeness (QED) is 0.370. The number of anilines is 1. The highest BCUT2D eigenvalue weighted by atomic mass is 32.2. The first kappa shape index (κ1) is 21.6. The molecule has 2 aromatic carbocycles. The fourth-order valence-corrected chi connectivity index (χ4v) is 4.04. The minimum absolute atomic E-state index is 0.0215. The molecule has 0 aliphatic heterocycles. The number of hydrogen-bond donors (Lipinski definition) is 0. The minimum atomic E-state index is 0.0215. The Labute approximate surface area is 181 Å². The third-order valence-electron chi connectivity index (χ3n) is 4.52. The van der Waals surface area contributed by atoms with Crippen molar-refractivity contribution in [3.8, 4) is 17.1 Å². The van der Waals surface area contributed by atoms with Crippen LogP contribution in [0.2, 0.25) is 0 Å². The smallest absolute Gasteiger partial charge is 0.237 e. The summed E-state index contributed by atoms with van der Waals surface area (Å²) in [4.78, 5) is 14.8. The first-order chi connectivity index (χ1) is 14.6. The molecule has 3 rings (SSSR count). The van der Waals surface area contributed by atoms with E-state index in [0.29, 0.717) is 17.5 Å². The van der Waals surface area contributed by atoms with Crippen LogP contribution in [-0.2, 0) is 11.3 Å². The lowest BCUT2D eigenvalue weighted by atomic mass is 10.2. The van der Waals surface area contributed by atoms with Gasteiger partial charge in [0, 0.05) is 18.3 Å². The Morgan fingerprint density at radius 2 is 1.87 bits per heavy atom. The van der Waals surface area contributed by atoms with Gasteiger partial charge in [-0.25, -0.2) is 0 Å². The number of rotatable bonds is 9. The molecule has 1 amide bonds. The lowest BCUT2D eigenvalue weighted by Crippen LogP contribution is -2.38. The number of benzene rings is 2. The van der Waals surface area contributed by atoms with Gasteiger partial charge < -0.3 is 9.64 Å². The molecule has 6 nitrogen and oxygen atoms in total. The van der Waals surface area contributed by atoms with Crippen molar-refractivity contribution in [2.45, 2.75) is 31.6 Å². The zero-order valence-corrected chi connectivity index (χ0v) is 18.3. The van der Waals surface area contributed by atoms with Crippen LogP contribution in [0.1, 0.15) is 13.8 Å². The number of thioether (sulfide) groups is 1. The predicted molar refractivity (Wildman–Crippen MR) is 122 cm³/mol. The number of amides is 1. The number of methoxy groups -OCH3 is 1. The highest BCUT2D eigenvalue weighted by Gasteiger charge is 2.22. The molecular weight excluding hydrogens is 396 g/mol. The molecule has 0 saturated carbocycles. The van der Waals surface area contributed by atoms with Crippen LogP contribution in [0.5, 0.6) is 5.75 Å². The Bertz CT molecular complexity index is 1000. The van der Waals surface area contributed by atoms with Crippen LogP contribution < -0.4 is 9.64 Å². The Hall–Kier alpha value is -3.06. The van der Waals surface area contributed by atoms with Crippen molar-refractivity contribution in [1.29, 1.82) is 0 Å². The molecule has 7 heteroatoms. The fraction of sp³-hybridized carbons (Fsp3) is 0.261. The van der Waals surface area contributed by atoms with E-state index in [-0.39, 0.29) is 17.7 Å². The summed E-state index contributed by atoms with van der Waals surface area (Å²) in [5.74, 6) is 1.69. The van der Waals surface area contributed by atoms with E-state index in [1.54, 1.807) is 13.2 Å². The van der Waals surface area contributed by atoms with E-state index in [2.05, 4.69) is 16.8 Å². The average molecular weight is 423 g/mol. The Balaban J connectivity index is 1.84. The van der Waals surface area contributed by atoms with E-state index >= 15 is 0 Å². The molecule has 0 unspecified atom stereocenters. The van der Waals surface area contributed by atoms with Crippen molar-refractivity contribution in [2.75, 3.05) is 17.8 Å². The summed E-state index contributed by atoms with van der Waals surface area (Å²) >= 11 is 1.37. The van der Waals surface area contributed by atoms with Crippen molar-refractivity contribution in [3.05, 3.63) is 67.3 Å². The van der Waals surface area contributed by atoms with Crippen LogP contribution in [0.3, 0.4) is 0 Å². The van der Waals surface area contributed by atoms with Gasteiger partial charge in [0.2, 0.25) is 5.91 Å². The van der Waals surface area contributed by atoms with E-state index in [0.717, 1.165) is 17.0 Å². The summed E-state index contributed by atoms with van der Waals surface area (Å²) < 4.78 is 7.42. The van der Waals surface area contributed by atoms with E-state index in [1.165, 1.54) is 11.8 Å². The first-order valence-corrected chi connectivity index (χ1v) is 10.7. The van der Waals surface area contributed by atoms with Crippen molar-refractivity contribution in [3.63, 3.8) is 0 Å². The lowest BCUT2D eigenvalue weighted by Gasteiger charge is -2.26. The maximum absolute atomic E-state index is 13.0. The maximum atomic E-state index is 13.0. The van der Waals surface area contributed by atoms with Gasteiger partial charge in [0.05, 0.1) is 18.4 Å². The molecule has 0 aliphatic carbocycles. The van der Waals surface area contributed by atoms with Crippen LogP contribution in [0.15, 0.2) is 72.4 Å². The fourth-order valence-electron chi connectivity index (χ4n) is 3.23. The van der Waals surface area contributed by atoms with Crippen LogP contribution >= 0.6 is 11.8 Å². The zero-order valence-electron chi connectivity index (χ0n) is 17.5. The van der Waals surface area contributed by atoms with Gasteiger partial charge in [0.1, 0.15) is 5.75 Å². The summed E-state index contributed by atoms with van der Waals surface area (Å²) in [6.07, 6.45) is 1.79. The first-order valence-electron chi connectivity index (χ1n) is 9.74. The van der Waals surface area contributed by atoms with Gasteiger partial charge in [0.25, 0.3) is 0 Å². The number of carbonyl (C=O) groups is 1. The van der Waals surface area contributed by atoms with Crippen molar-refractivity contribution in [2.24, 2.45) is 0 Å². The van der Waals surface area contributed by atoms with Gasteiger partial charge in [-0.2, -0.15) is 0 Å². The average Bonchev–Trinajstić information content (AvgIpc) is 3.15. The molecule has 1 heterocycles. The van der Waals surface area contributed by atoms with Crippen molar-refractivity contribution < 1.29 is 9.53 Å². The molecule has 0 radical (unpaired) electrons. The minimum Gasteiger partial charge on any atom is -0.496 e. The Morgan fingerprint density at radius 1 is 1.17 bits per heavy atom. The van der Waals surface area contributed by atoms with E-state index in [4.69, 9.17) is 4.74 Å². The van der Waals surface area contributed by atoms with Crippen LogP contribution in [0.4, 0.5) is 5.69 Å². The predicted octanol–water partition coefficient (Wildman–Crippen LogP) is 4.67. The van der Waals surface area contributed by atoms with Gasteiger partial charge >= 0.3 is 0 Å². The molecule has 156 valence electrons. The Kier molecular flexibility index (Phi) is 7.30. The monoisotopic (exact) mass is 422 g/mol. The number of allylic oxidation sites excluding steroid dienone is 1. The number of para-hydroxylation sites is 2. The molecular formula is C23H26N4O2S. The van der Waals surface area contributed by atoms with Gasteiger partial charge in [-0.3, -0.25) is 9.36 Å². The third kappa shape index (κ3) is 4.74. The molecule has 0 spiro atoms. The maximum Gasteiger partial charge on any atom is 0.237 e. The SMILES string of the molecule is C=CCn1c(SCC(=O)N(c2ccccc2)C(C)C)nnc1-c1ccccc1OC. The lowest BCUT2D eigenvalue weighted by molar-refractivity contribution is -0.116. The largest absolute Gasteiger partial charge is 0.496 e.